The lowest BCUT2D eigenvalue weighted by atomic mass is 10.0. The second-order valence-corrected chi connectivity index (χ2v) is 12.4. The van der Waals surface area contributed by atoms with E-state index in [1.54, 1.807) is 0 Å². The molecule has 0 bridgehead atoms. The lowest BCUT2D eigenvalue weighted by Crippen LogP contribution is -2.26. The average Bonchev–Trinajstić information content (AvgIpc) is 3.76. The molecule has 0 aromatic heterocycles. The van der Waals surface area contributed by atoms with Gasteiger partial charge in [0.2, 0.25) is 0 Å². The Morgan fingerprint density at radius 1 is 0.521 bits per heavy atom. The lowest BCUT2D eigenvalue weighted by molar-refractivity contribution is -0.194. The maximum absolute atomic E-state index is 12.9. The fourth-order valence-corrected chi connectivity index (χ4v) is 6.34. The first-order valence-corrected chi connectivity index (χ1v) is 17.0. The number of esters is 2. The Hall–Kier alpha value is -4.34. The molecule has 0 amide bonds. The van der Waals surface area contributed by atoms with E-state index in [1.807, 2.05) is 82.9 Å². The molecule has 8 heteroatoms. The quantitative estimate of drug-likeness (QED) is 0.0968. The summed E-state index contributed by atoms with van der Waals surface area (Å²) in [5.41, 5.74) is 4.47. The van der Waals surface area contributed by atoms with Crippen molar-refractivity contribution in [2.75, 3.05) is 13.2 Å². The molecule has 2 saturated heterocycles. The number of benzene rings is 4. The number of hydrogen-bond acceptors (Lipinski definition) is 8. The summed E-state index contributed by atoms with van der Waals surface area (Å²) in [6.45, 7) is 1.84. The Morgan fingerprint density at radius 2 is 0.875 bits per heavy atom. The summed E-state index contributed by atoms with van der Waals surface area (Å²) in [5.74, 6) is -0.654. The number of hydroxylamine groups is 4. The van der Waals surface area contributed by atoms with Crippen LogP contribution in [0.5, 0.6) is 0 Å². The maximum Gasteiger partial charge on any atom is 0.337 e. The lowest BCUT2D eigenvalue weighted by Gasteiger charge is -2.23. The van der Waals surface area contributed by atoms with Crippen LogP contribution in [-0.4, -0.2) is 47.5 Å². The van der Waals surface area contributed by atoms with E-state index in [1.165, 1.54) is 0 Å². The van der Waals surface area contributed by atoms with Gasteiger partial charge in [-0.05, 0) is 47.9 Å². The molecule has 4 aromatic carbocycles. The minimum atomic E-state index is -0.638. The van der Waals surface area contributed by atoms with Crippen LogP contribution < -0.4 is 0 Å². The van der Waals surface area contributed by atoms with Crippen LogP contribution in [-0.2, 0) is 41.8 Å². The summed E-state index contributed by atoms with van der Waals surface area (Å²) in [5, 5.41) is 3.80. The van der Waals surface area contributed by atoms with Crippen molar-refractivity contribution in [1.29, 1.82) is 0 Å². The van der Waals surface area contributed by atoms with Gasteiger partial charge in [-0.1, -0.05) is 121 Å². The Labute approximate surface area is 283 Å². The van der Waals surface area contributed by atoms with E-state index in [0.29, 0.717) is 39.1 Å². The number of hydrogen-bond donors (Lipinski definition) is 0. The molecule has 4 atom stereocenters. The Bertz CT molecular complexity index is 1440. The topological polar surface area (TPSA) is 77.5 Å². The van der Waals surface area contributed by atoms with Crippen LogP contribution in [0.4, 0.5) is 0 Å². The van der Waals surface area contributed by atoms with Crippen molar-refractivity contribution in [3.05, 3.63) is 144 Å². The first-order valence-electron chi connectivity index (χ1n) is 17.0. The monoisotopic (exact) mass is 648 g/mol. The van der Waals surface area contributed by atoms with Crippen molar-refractivity contribution in [3.8, 4) is 0 Å². The summed E-state index contributed by atoms with van der Waals surface area (Å²) in [6.07, 6.45) is 3.02. The second-order valence-electron chi connectivity index (χ2n) is 12.4. The van der Waals surface area contributed by atoms with Crippen LogP contribution in [0.1, 0.15) is 72.9 Å². The van der Waals surface area contributed by atoms with Gasteiger partial charge < -0.3 is 9.47 Å². The van der Waals surface area contributed by atoms with Crippen LogP contribution in [0, 0.1) is 0 Å². The molecule has 2 fully saturated rings. The van der Waals surface area contributed by atoms with Gasteiger partial charge in [-0.25, -0.2) is 9.59 Å². The van der Waals surface area contributed by atoms with E-state index in [4.69, 9.17) is 19.1 Å². The molecule has 2 aliphatic rings. The molecule has 2 aliphatic heterocycles. The molecule has 0 saturated carbocycles. The molecule has 2 heterocycles. The van der Waals surface area contributed by atoms with E-state index in [-0.39, 0.29) is 24.0 Å². The van der Waals surface area contributed by atoms with Crippen LogP contribution in [0.25, 0.3) is 0 Å². The molecule has 0 aliphatic carbocycles. The summed E-state index contributed by atoms with van der Waals surface area (Å²) >= 11 is 0. The van der Waals surface area contributed by atoms with Crippen LogP contribution in [0.2, 0.25) is 0 Å². The standard InChI is InChI=1S/C40H44N2O6/c43-39(37-27-35(33-21-11-5-12-22-33)41(47-37)29-31-17-7-3-8-18-31)45-25-15-1-2-16-26-46-40(44)38-28-36(34-23-13-6-14-24-34)42(48-38)30-32-19-9-4-10-20-32/h3-14,17-24,35-38H,1-2,15-16,25-30H2. The van der Waals surface area contributed by atoms with Crippen LogP contribution in [0.3, 0.4) is 0 Å². The zero-order chi connectivity index (χ0) is 33.0. The van der Waals surface area contributed by atoms with Crippen LogP contribution in [0.15, 0.2) is 121 Å². The van der Waals surface area contributed by atoms with Gasteiger partial charge in [0.25, 0.3) is 0 Å². The third-order valence-electron chi connectivity index (χ3n) is 8.88. The highest BCUT2D eigenvalue weighted by atomic mass is 16.7. The van der Waals surface area contributed by atoms with Crippen molar-refractivity contribution < 1.29 is 28.7 Å². The van der Waals surface area contributed by atoms with E-state index >= 15 is 0 Å². The van der Waals surface area contributed by atoms with Gasteiger partial charge in [-0.3, -0.25) is 9.68 Å². The molecule has 0 spiro atoms. The van der Waals surface area contributed by atoms with E-state index in [0.717, 1.165) is 47.9 Å². The SMILES string of the molecule is O=C(OCCCCCCOC(=O)C1CC(c2ccccc2)N(Cc2ccccc2)O1)C1CC(c2ccccc2)N(Cc2ccccc2)O1. The minimum Gasteiger partial charge on any atom is -0.464 e. The van der Waals surface area contributed by atoms with Gasteiger partial charge in [-0.15, -0.1) is 0 Å². The number of carbonyl (C=O) groups is 2. The first kappa shape index (κ1) is 33.6. The zero-order valence-electron chi connectivity index (χ0n) is 27.3. The fourth-order valence-electron chi connectivity index (χ4n) is 6.34. The van der Waals surface area contributed by atoms with E-state index < -0.39 is 12.2 Å². The molecular weight excluding hydrogens is 604 g/mol. The molecule has 8 nitrogen and oxygen atoms in total. The molecule has 4 aromatic rings. The molecule has 4 unspecified atom stereocenters. The van der Waals surface area contributed by atoms with Gasteiger partial charge in [0.05, 0.1) is 25.3 Å². The van der Waals surface area contributed by atoms with Crippen molar-refractivity contribution in [2.45, 2.75) is 75.9 Å². The Morgan fingerprint density at radius 3 is 1.25 bits per heavy atom. The molecular formula is C40H44N2O6. The predicted octanol–water partition coefficient (Wildman–Crippen LogP) is 7.53. The largest absolute Gasteiger partial charge is 0.464 e. The van der Waals surface area contributed by atoms with Crippen molar-refractivity contribution in [3.63, 3.8) is 0 Å². The molecule has 250 valence electrons. The third kappa shape index (κ3) is 9.17. The van der Waals surface area contributed by atoms with Gasteiger partial charge in [-0.2, -0.15) is 10.1 Å². The smallest absolute Gasteiger partial charge is 0.337 e. The molecule has 48 heavy (non-hydrogen) atoms. The number of nitrogens with zero attached hydrogens (tertiary/aromatic N) is 2. The second kappa shape index (κ2) is 17.2. The highest BCUT2D eigenvalue weighted by Crippen LogP contribution is 2.37. The third-order valence-corrected chi connectivity index (χ3v) is 8.88. The first-order chi connectivity index (χ1) is 23.6. The normalized spacial score (nSPS) is 21.2. The highest BCUT2D eigenvalue weighted by Gasteiger charge is 2.40. The van der Waals surface area contributed by atoms with E-state index in [9.17, 15) is 9.59 Å². The van der Waals surface area contributed by atoms with Gasteiger partial charge >= 0.3 is 11.9 Å². The minimum absolute atomic E-state index is 0.0301. The molecule has 0 radical (unpaired) electrons. The Kier molecular flexibility index (Phi) is 12.0. The number of unbranched alkanes of at least 4 members (excludes halogenated alkanes) is 3. The van der Waals surface area contributed by atoms with E-state index in [2.05, 4.69) is 48.5 Å². The van der Waals surface area contributed by atoms with Gasteiger partial charge in [0, 0.05) is 25.9 Å². The summed E-state index contributed by atoms with van der Waals surface area (Å²) in [7, 11) is 0. The number of carbonyl (C=O) groups excluding carboxylic acids is 2. The fraction of sp³-hybridized carbons (Fsp3) is 0.350. The summed E-state index contributed by atoms with van der Waals surface area (Å²) in [6, 6.07) is 40.4. The van der Waals surface area contributed by atoms with Crippen molar-refractivity contribution >= 4 is 11.9 Å². The Balaban J connectivity index is 0.892. The summed E-state index contributed by atoms with van der Waals surface area (Å²) < 4.78 is 11.2. The molecule has 6 rings (SSSR count). The predicted molar refractivity (Wildman–Crippen MR) is 182 cm³/mol. The summed E-state index contributed by atoms with van der Waals surface area (Å²) in [4.78, 5) is 38.2. The average molecular weight is 649 g/mol. The van der Waals surface area contributed by atoms with Gasteiger partial charge in [0.1, 0.15) is 0 Å². The van der Waals surface area contributed by atoms with Gasteiger partial charge in [0.15, 0.2) is 12.2 Å². The molecule has 0 N–H and O–H groups in total. The highest BCUT2D eigenvalue weighted by molar-refractivity contribution is 5.75. The van der Waals surface area contributed by atoms with Crippen molar-refractivity contribution in [2.24, 2.45) is 0 Å². The number of rotatable bonds is 15. The van der Waals surface area contributed by atoms with Crippen molar-refractivity contribution in [1.82, 2.24) is 10.1 Å². The zero-order valence-corrected chi connectivity index (χ0v) is 27.3. The number of ether oxygens (including phenoxy) is 2. The maximum atomic E-state index is 12.9. The van der Waals surface area contributed by atoms with Crippen LogP contribution >= 0.6 is 0 Å².